The Labute approximate surface area is 158 Å². The maximum atomic E-state index is 7.21. The molecule has 1 fully saturated rings. The van der Waals surface area contributed by atoms with E-state index in [4.69, 9.17) is 6.57 Å². The highest BCUT2D eigenvalue weighted by molar-refractivity contribution is 5.80. The van der Waals surface area contributed by atoms with Crippen LogP contribution in [0.15, 0.2) is 36.7 Å². The van der Waals surface area contributed by atoms with Gasteiger partial charge < -0.3 is 15.1 Å². The van der Waals surface area contributed by atoms with Gasteiger partial charge >= 0.3 is 0 Å². The summed E-state index contributed by atoms with van der Waals surface area (Å²) in [6, 6.07) is 7.95. The minimum Gasteiger partial charge on any atom is -0.362 e. The second-order valence-electron chi connectivity index (χ2n) is 7.10. The van der Waals surface area contributed by atoms with Crippen LogP contribution in [0.3, 0.4) is 0 Å². The summed E-state index contributed by atoms with van der Waals surface area (Å²) in [5, 5.41) is 11.4. The molecule has 0 aliphatic carbocycles. The molecule has 1 saturated heterocycles. The van der Waals surface area contributed by atoms with Crippen molar-refractivity contribution < 1.29 is 0 Å². The first kappa shape index (κ1) is 17.2. The monoisotopic (exact) mass is 359 g/mol. The third-order valence-electron chi connectivity index (χ3n) is 4.83. The largest absolute Gasteiger partial charge is 0.362 e. The summed E-state index contributed by atoms with van der Waals surface area (Å²) in [6.07, 6.45) is 4.55. The lowest BCUT2D eigenvalue weighted by atomic mass is 10.1. The van der Waals surface area contributed by atoms with Crippen molar-refractivity contribution in [1.29, 1.82) is 0 Å². The molecule has 4 rings (SSSR count). The molecule has 7 heteroatoms. The van der Waals surface area contributed by atoms with E-state index in [0.29, 0.717) is 17.6 Å². The Morgan fingerprint density at radius 2 is 2.07 bits per heavy atom. The number of nitrogens with zero attached hydrogens (tertiary/aromatic N) is 6. The lowest BCUT2D eigenvalue weighted by molar-refractivity contribution is 0.843. The Hall–Kier alpha value is -3.27. The normalized spacial score (nSPS) is 16.7. The molecule has 1 unspecified atom stereocenters. The van der Waals surface area contributed by atoms with Crippen molar-refractivity contribution in [2.75, 3.05) is 23.3 Å². The molecule has 3 aromatic rings. The lowest BCUT2D eigenvalue weighted by Crippen LogP contribution is -2.20. The summed E-state index contributed by atoms with van der Waals surface area (Å²) in [5.74, 6) is 1.77. The van der Waals surface area contributed by atoms with Gasteiger partial charge in [0.1, 0.15) is 5.82 Å². The average molecular weight is 359 g/mol. The van der Waals surface area contributed by atoms with E-state index in [1.807, 2.05) is 30.5 Å². The van der Waals surface area contributed by atoms with Crippen molar-refractivity contribution in [2.45, 2.75) is 32.2 Å². The minimum atomic E-state index is 0.0773. The fourth-order valence-electron chi connectivity index (χ4n) is 3.21. The smallest absolute Gasteiger partial charge is 0.242 e. The van der Waals surface area contributed by atoms with Gasteiger partial charge in [0.25, 0.3) is 0 Å². The fraction of sp³-hybridized carbons (Fsp3) is 0.350. The topological polar surface area (TPSA) is 71.2 Å². The molecular formula is C20H21N7. The molecule has 1 N–H and O–H groups in total. The molecule has 1 aliphatic heterocycles. The van der Waals surface area contributed by atoms with Crippen LogP contribution in [0.1, 0.15) is 31.7 Å². The number of pyridine rings is 2. The number of anilines is 3. The number of hydrogen-bond donors (Lipinski definition) is 1. The van der Waals surface area contributed by atoms with E-state index in [1.165, 1.54) is 0 Å². The Kier molecular flexibility index (Phi) is 4.55. The SMILES string of the molecule is [C-]#[N+]C1CCN(c2cnc3ccc(Nc4cc(C(C)C)cnn4)nc3c2)C1. The van der Waals surface area contributed by atoms with Crippen LogP contribution in [0.4, 0.5) is 17.3 Å². The fourth-order valence-corrected chi connectivity index (χ4v) is 3.21. The number of nitrogens with one attached hydrogen (secondary N) is 1. The maximum absolute atomic E-state index is 7.21. The molecule has 0 aromatic carbocycles. The highest BCUT2D eigenvalue weighted by Gasteiger charge is 2.26. The van der Waals surface area contributed by atoms with Gasteiger partial charge in [-0.2, -0.15) is 5.10 Å². The first-order valence-corrected chi connectivity index (χ1v) is 9.10. The minimum absolute atomic E-state index is 0.0773. The first-order valence-electron chi connectivity index (χ1n) is 9.10. The van der Waals surface area contributed by atoms with E-state index in [0.717, 1.165) is 41.8 Å². The van der Waals surface area contributed by atoms with Crippen LogP contribution in [-0.2, 0) is 0 Å². The molecule has 0 spiro atoms. The molecule has 0 amide bonds. The molecule has 1 aliphatic rings. The van der Waals surface area contributed by atoms with E-state index < -0.39 is 0 Å². The van der Waals surface area contributed by atoms with Crippen LogP contribution < -0.4 is 10.2 Å². The zero-order valence-electron chi connectivity index (χ0n) is 15.4. The van der Waals surface area contributed by atoms with Crippen molar-refractivity contribution in [2.24, 2.45) is 0 Å². The van der Waals surface area contributed by atoms with Gasteiger partial charge in [-0.05, 0) is 35.7 Å². The Morgan fingerprint density at radius 1 is 1.19 bits per heavy atom. The van der Waals surface area contributed by atoms with Gasteiger partial charge in [-0.25, -0.2) is 11.6 Å². The van der Waals surface area contributed by atoms with Crippen LogP contribution in [0, 0.1) is 6.57 Å². The number of rotatable bonds is 4. The summed E-state index contributed by atoms with van der Waals surface area (Å²) < 4.78 is 0. The Morgan fingerprint density at radius 3 is 2.85 bits per heavy atom. The summed E-state index contributed by atoms with van der Waals surface area (Å²) in [4.78, 5) is 15.1. The van der Waals surface area contributed by atoms with Crippen molar-refractivity contribution >= 4 is 28.4 Å². The molecule has 0 bridgehead atoms. The van der Waals surface area contributed by atoms with Gasteiger partial charge in [0.2, 0.25) is 6.04 Å². The summed E-state index contributed by atoms with van der Waals surface area (Å²) in [6.45, 7) is 13.1. The van der Waals surface area contributed by atoms with E-state index in [2.05, 4.69) is 49.1 Å². The Balaban J connectivity index is 1.60. The van der Waals surface area contributed by atoms with Crippen LogP contribution >= 0.6 is 0 Å². The zero-order chi connectivity index (χ0) is 18.8. The molecule has 0 saturated carbocycles. The standard InChI is InChI=1S/C20H21N7/c1-13(2)14-8-20(26-23-10-14)25-19-5-4-17-18(24-19)9-16(11-22-17)27-7-6-15(12-27)21-3/h4-5,8-11,13,15H,6-7,12H2,1-2H3,(H,24,25,26). The highest BCUT2D eigenvalue weighted by Crippen LogP contribution is 2.25. The Bertz CT molecular complexity index is 1010. The quantitative estimate of drug-likeness (QED) is 0.715. The van der Waals surface area contributed by atoms with Gasteiger partial charge in [-0.3, -0.25) is 4.98 Å². The molecule has 7 nitrogen and oxygen atoms in total. The third kappa shape index (κ3) is 3.65. The van der Waals surface area contributed by atoms with Gasteiger partial charge in [-0.1, -0.05) is 13.8 Å². The van der Waals surface area contributed by atoms with E-state index in [9.17, 15) is 0 Å². The first-order chi connectivity index (χ1) is 13.1. The molecule has 27 heavy (non-hydrogen) atoms. The third-order valence-corrected chi connectivity index (χ3v) is 4.83. The van der Waals surface area contributed by atoms with Crippen molar-refractivity contribution in [3.8, 4) is 0 Å². The number of hydrogen-bond acceptors (Lipinski definition) is 6. The van der Waals surface area contributed by atoms with E-state index in [-0.39, 0.29) is 6.04 Å². The highest BCUT2D eigenvalue weighted by atomic mass is 15.2. The lowest BCUT2D eigenvalue weighted by Gasteiger charge is -2.16. The zero-order valence-corrected chi connectivity index (χ0v) is 15.4. The predicted molar refractivity (Wildman–Crippen MR) is 106 cm³/mol. The van der Waals surface area contributed by atoms with Crippen molar-refractivity contribution in [1.82, 2.24) is 20.2 Å². The molecule has 136 valence electrons. The second kappa shape index (κ2) is 7.16. The van der Waals surface area contributed by atoms with Gasteiger partial charge in [0.05, 0.1) is 35.7 Å². The van der Waals surface area contributed by atoms with Gasteiger partial charge in [0.15, 0.2) is 5.82 Å². The van der Waals surface area contributed by atoms with E-state index in [1.54, 1.807) is 6.20 Å². The van der Waals surface area contributed by atoms with Crippen LogP contribution in [-0.4, -0.2) is 39.3 Å². The molecule has 1 atom stereocenters. The molecule has 0 radical (unpaired) electrons. The summed E-state index contributed by atoms with van der Waals surface area (Å²) in [5.41, 5.74) is 3.80. The second-order valence-corrected chi connectivity index (χ2v) is 7.10. The van der Waals surface area contributed by atoms with Crippen LogP contribution in [0.2, 0.25) is 0 Å². The average Bonchev–Trinajstić information content (AvgIpc) is 3.17. The van der Waals surface area contributed by atoms with Gasteiger partial charge in [-0.15, -0.1) is 5.10 Å². The van der Waals surface area contributed by atoms with Crippen molar-refractivity contribution in [3.05, 3.63) is 53.6 Å². The van der Waals surface area contributed by atoms with Gasteiger partial charge in [0, 0.05) is 13.0 Å². The summed E-state index contributed by atoms with van der Waals surface area (Å²) >= 11 is 0. The predicted octanol–water partition coefficient (Wildman–Crippen LogP) is 3.78. The number of aromatic nitrogens is 4. The molecular weight excluding hydrogens is 338 g/mol. The van der Waals surface area contributed by atoms with E-state index >= 15 is 0 Å². The van der Waals surface area contributed by atoms with Crippen molar-refractivity contribution in [3.63, 3.8) is 0 Å². The van der Waals surface area contributed by atoms with Crippen LogP contribution in [0.5, 0.6) is 0 Å². The van der Waals surface area contributed by atoms with Crippen LogP contribution in [0.25, 0.3) is 15.9 Å². The number of fused-ring (bicyclic) bond motifs is 1. The molecule has 3 aromatic heterocycles. The maximum Gasteiger partial charge on any atom is 0.242 e. The summed E-state index contributed by atoms with van der Waals surface area (Å²) in [7, 11) is 0. The molecule has 4 heterocycles.